The first kappa shape index (κ1) is 14.0. The van der Waals surface area contributed by atoms with Gasteiger partial charge in [0.25, 0.3) is 5.91 Å². The highest BCUT2D eigenvalue weighted by Gasteiger charge is 2.04. The number of amides is 2. The van der Waals surface area contributed by atoms with Crippen molar-refractivity contribution < 1.29 is 9.59 Å². The Balaban J connectivity index is 2.52. The van der Waals surface area contributed by atoms with Gasteiger partial charge in [0.15, 0.2) is 0 Å². The minimum absolute atomic E-state index is 0.0535. The van der Waals surface area contributed by atoms with Gasteiger partial charge in [-0.1, -0.05) is 13.0 Å². The van der Waals surface area contributed by atoms with Crippen LogP contribution in [-0.2, 0) is 4.79 Å². The molecule has 1 aromatic rings. The van der Waals surface area contributed by atoms with Gasteiger partial charge in [-0.05, 0) is 24.6 Å². The topological polar surface area (TPSA) is 70.2 Å². The van der Waals surface area contributed by atoms with E-state index in [-0.39, 0.29) is 18.4 Å². The summed E-state index contributed by atoms with van der Waals surface area (Å²) in [5.41, 5.74) is 1.32. The number of nitrogens with one attached hydrogen (secondary N) is 3. The Morgan fingerprint density at radius 1 is 1.28 bits per heavy atom. The summed E-state index contributed by atoms with van der Waals surface area (Å²) >= 11 is 0. The molecule has 98 valence electrons. The van der Waals surface area contributed by atoms with Crippen LogP contribution in [0.3, 0.4) is 0 Å². The number of hydrogen-bond donors (Lipinski definition) is 3. The van der Waals surface area contributed by atoms with E-state index < -0.39 is 0 Å². The van der Waals surface area contributed by atoms with Crippen molar-refractivity contribution in [1.82, 2.24) is 10.6 Å². The Morgan fingerprint density at radius 3 is 2.72 bits per heavy atom. The van der Waals surface area contributed by atoms with Crippen molar-refractivity contribution in [2.75, 3.05) is 25.5 Å². The first-order chi connectivity index (χ1) is 8.67. The van der Waals surface area contributed by atoms with Gasteiger partial charge >= 0.3 is 0 Å². The lowest BCUT2D eigenvalue weighted by Gasteiger charge is -2.08. The summed E-state index contributed by atoms with van der Waals surface area (Å²) in [5, 5.41) is 8.31. The number of benzene rings is 1. The van der Waals surface area contributed by atoms with E-state index in [0.29, 0.717) is 12.1 Å². The molecule has 0 spiro atoms. The number of carbonyl (C=O) groups excluding carboxylic acids is 2. The van der Waals surface area contributed by atoms with Crippen LogP contribution in [0.1, 0.15) is 23.7 Å². The van der Waals surface area contributed by atoms with Crippen LogP contribution in [0.15, 0.2) is 24.3 Å². The molecule has 5 nitrogen and oxygen atoms in total. The number of rotatable bonds is 6. The van der Waals surface area contributed by atoms with Crippen LogP contribution in [0.5, 0.6) is 0 Å². The van der Waals surface area contributed by atoms with E-state index in [4.69, 9.17) is 0 Å². The van der Waals surface area contributed by atoms with Crippen molar-refractivity contribution in [2.24, 2.45) is 0 Å². The molecule has 0 heterocycles. The molecule has 0 saturated carbocycles. The molecule has 0 bridgehead atoms. The molecule has 5 heteroatoms. The summed E-state index contributed by atoms with van der Waals surface area (Å²) in [7, 11) is 1.58. The van der Waals surface area contributed by atoms with E-state index in [1.807, 2.05) is 13.0 Å². The fourth-order valence-electron chi connectivity index (χ4n) is 1.42. The van der Waals surface area contributed by atoms with Crippen molar-refractivity contribution in [3.05, 3.63) is 29.8 Å². The van der Waals surface area contributed by atoms with Gasteiger partial charge in [-0.2, -0.15) is 0 Å². The summed E-state index contributed by atoms with van der Waals surface area (Å²) in [6, 6.07) is 7.03. The molecule has 0 fully saturated rings. The fraction of sp³-hybridized carbons (Fsp3) is 0.385. The molecule has 0 aliphatic carbocycles. The second-order valence-electron chi connectivity index (χ2n) is 3.86. The van der Waals surface area contributed by atoms with Crippen LogP contribution >= 0.6 is 0 Å². The van der Waals surface area contributed by atoms with Crippen molar-refractivity contribution in [3.63, 3.8) is 0 Å². The minimum atomic E-state index is -0.144. The predicted molar refractivity (Wildman–Crippen MR) is 71.6 cm³/mol. The Bertz CT molecular complexity index is 418. The van der Waals surface area contributed by atoms with Gasteiger partial charge in [0.2, 0.25) is 5.91 Å². The lowest BCUT2D eigenvalue weighted by atomic mass is 10.2. The molecular formula is C13H19N3O2. The summed E-state index contributed by atoms with van der Waals surface area (Å²) in [5.74, 6) is -0.198. The third-order valence-electron chi connectivity index (χ3n) is 2.38. The van der Waals surface area contributed by atoms with E-state index in [2.05, 4.69) is 16.0 Å². The largest absolute Gasteiger partial charge is 0.376 e. The summed E-state index contributed by atoms with van der Waals surface area (Å²) < 4.78 is 0. The molecule has 0 aromatic heterocycles. The van der Waals surface area contributed by atoms with Crippen LogP contribution in [0.4, 0.5) is 5.69 Å². The molecule has 1 aromatic carbocycles. The van der Waals surface area contributed by atoms with Crippen molar-refractivity contribution in [2.45, 2.75) is 13.3 Å². The standard InChI is InChI=1S/C13H19N3O2/c1-3-7-15-12(17)9-16-11-6-4-5-10(8-11)13(18)14-2/h4-6,8,16H,3,7,9H2,1-2H3,(H,14,18)(H,15,17). The Hall–Kier alpha value is -2.04. The van der Waals surface area contributed by atoms with Gasteiger partial charge in [0.1, 0.15) is 0 Å². The second kappa shape index (κ2) is 7.32. The highest BCUT2D eigenvalue weighted by Crippen LogP contribution is 2.09. The molecule has 0 saturated heterocycles. The summed E-state index contributed by atoms with van der Waals surface area (Å²) in [6.45, 7) is 2.89. The zero-order valence-electron chi connectivity index (χ0n) is 10.7. The van der Waals surface area contributed by atoms with E-state index in [1.54, 1.807) is 25.2 Å². The first-order valence-electron chi connectivity index (χ1n) is 6.00. The van der Waals surface area contributed by atoms with Crippen LogP contribution in [0.2, 0.25) is 0 Å². The van der Waals surface area contributed by atoms with Crippen LogP contribution in [0.25, 0.3) is 0 Å². The van der Waals surface area contributed by atoms with Crippen LogP contribution in [-0.4, -0.2) is 32.0 Å². The minimum Gasteiger partial charge on any atom is -0.376 e. The molecular weight excluding hydrogens is 230 g/mol. The highest BCUT2D eigenvalue weighted by atomic mass is 16.2. The maximum absolute atomic E-state index is 11.4. The van der Waals surface area contributed by atoms with E-state index >= 15 is 0 Å². The number of hydrogen-bond acceptors (Lipinski definition) is 3. The highest BCUT2D eigenvalue weighted by molar-refractivity contribution is 5.95. The van der Waals surface area contributed by atoms with Gasteiger partial charge in [0, 0.05) is 24.8 Å². The average Bonchev–Trinajstić information content (AvgIpc) is 2.42. The molecule has 2 amide bonds. The van der Waals surface area contributed by atoms with Gasteiger partial charge in [0.05, 0.1) is 6.54 Å². The van der Waals surface area contributed by atoms with Gasteiger partial charge in [-0.15, -0.1) is 0 Å². The van der Waals surface area contributed by atoms with Gasteiger partial charge in [-0.3, -0.25) is 9.59 Å². The molecule has 3 N–H and O–H groups in total. The molecule has 0 aliphatic rings. The number of carbonyl (C=O) groups is 2. The second-order valence-corrected chi connectivity index (χ2v) is 3.86. The maximum Gasteiger partial charge on any atom is 0.251 e. The molecule has 0 radical (unpaired) electrons. The van der Waals surface area contributed by atoms with Gasteiger partial charge < -0.3 is 16.0 Å². The molecule has 0 atom stereocenters. The van der Waals surface area contributed by atoms with Crippen molar-refractivity contribution in [3.8, 4) is 0 Å². The lowest BCUT2D eigenvalue weighted by molar-refractivity contribution is -0.119. The Labute approximate surface area is 107 Å². The maximum atomic E-state index is 11.4. The SMILES string of the molecule is CCCNC(=O)CNc1cccc(C(=O)NC)c1. The Morgan fingerprint density at radius 2 is 2.06 bits per heavy atom. The first-order valence-corrected chi connectivity index (χ1v) is 6.00. The van der Waals surface area contributed by atoms with Crippen LogP contribution in [0, 0.1) is 0 Å². The molecule has 0 aliphatic heterocycles. The van der Waals surface area contributed by atoms with Crippen LogP contribution < -0.4 is 16.0 Å². The summed E-state index contributed by atoms with van der Waals surface area (Å²) in [4.78, 5) is 22.8. The molecule has 1 rings (SSSR count). The third kappa shape index (κ3) is 4.45. The zero-order valence-corrected chi connectivity index (χ0v) is 10.7. The molecule has 18 heavy (non-hydrogen) atoms. The van der Waals surface area contributed by atoms with E-state index in [9.17, 15) is 9.59 Å². The normalized spacial score (nSPS) is 9.67. The molecule has 0 unspecified atom stereocenters. The Kier molecular flexibility index (Phi) is 5.70. The monoisotopic (exact) mass is 249 g/mol. The smallest absolute Gasteiger partial charge is 0.251 e. The predicted octanol–water partition coefficient (Wildman–Crippen LogP) is 0.984. The van der Waals surface area contributed by atoms with Crippen molar-refractivity contribution in [1.29, 1.82) is 0 Å². The lowest BCUT2D eigenvalue weighted by Crippen LogP contribution is -2.30. The van der Waals surface area contributed by atoms with Gasteiger partial charge in [-0.25, -0.2) is 0 Å². The number of anilines is 1. The van der Waals surface area contributed by atoms with E-state index in [1.165, 1.54) is 0 Å². The fourth-order valence-corrected chi connectivity index (χ4v) is 1.42. The summed E-state index contributed by atoms with van der Waals surface area (Å²) in [6.07, 6.45) is 0.915. The third-order valence-corrected chi connectivity index (χ3v) is 2.38. The quantitative estimate of drug-likeness (QED) is 0.704. The average molecular weight is 249 g/mol. The van der Waals surface area contributed by atoms with E-state index in [0.717, 1.165) is 12.1 Å². The van der Waals surface area contributed by atoms with Crippen molar-refractivity contribution >= 4 is 17.5 Å². The zero-order chi connectivity index (χ0) is 13.4.